The first-order chi connectivity index (χ1) is 12.8. The quantitative estimate of drug-likeness (QED) is 0.638. The number of nitrogens with one attached hydrogen (secondary N) is 1. The van der Waals surface area contributed by atoms with Crippen LogP contribution in [0.2, 0.25) is 0 Å². The molecule has 0 saturated heterocycles. The van der Waals surface area contributed by atoms with Gasteiger partial charge in [0.25, 0.3) is 0 Å². The van der Waals surface area contributed by atoms with Gasteiger partial charge in [0, 0.05) is 11.9 Å². The van der Waals surface area contributed by atoms with E-state index in [4.69, 9.17) is 4.74 Å². The first-order valence-corrected chi connectivity index (χ1v) is 7.96. The molecule has 0 amide bonds. The molecule has 0 radical (unpaired) electrons. The van der Waals surface area contributed by atoms with Crippen LogP contribution in [-0.2, 0) is 6.18 Å². The summed E-state index contributed by atoms with van der Waals surface area (Å²) in [5, 5.41) is 13.3. The Morgan fingerprint density at radius 3 is 2.67 bits per heavy atom. The Labute approximate surface area is 151 Å². The molecule has 5 nitrogen and oxygen atoms in total. The van der Waals surface area contributed by atoms with Gasteiger partial charge >= 0.3 is 6.18 Å². The van der Waals surface area contributed by atoms with Gasteiger partial charge in [-0.2, -0.15) is 13.2 Å². The third-order valence-electron chi connectivity index (χ3n) is 3.72. The van der Waals surface area contributed by atoms with Crippen molar-refractivity contribution in [1.29, 1.82) is 0 Å². The highest BCUT2D eigenvalue weighted by Crippen LogP contribution is 2.31. The van der Waals surface area contributed by atoms with E-state index in [9.17, 15) is 22.7 Å². The van der Waals surface area contributed by atoms with Crippen molar-refractivity contribution < 1.29 is 27.4 Å². The zero-order valence-corrected chi connectivity index (χ0v) is 13.9. The Hall–Kier alpha value is -2.94. The van der Waals surface area contributed by atoms with Gasteiger partial charge in [0.05, 0.1) is 5.56 Å². The van der Waals surface area contributed by atoms with Crippen LogP contribution < -0.4 is 10.1 Å². The molecule has 1 heterocycles. The summed E-state index contributed by atoms with van der Waals surface area (Å²) in [6, 6.07) is 8.81. The van der Waals surface area contributed by atoms with E-state index in [0.29, 0.717) is 11.2 Å². The van der Waals surface area contributed by atoms with E-state index in [1.807, 2.05) is 0 Å². The molecular formula is C18H15F4N3O2. The molecule has 3 rings (SSSR count). The van der Waals surface area contributed by atoms with Crippen molar-refractivity contribution >= 4 is 16.7 Å². The molecule has 1 atom stereocenters. The summed E-state index contributed by atoms with van der Waals surface area (Å²) in [5.74, 6) is -0.164. The molecule has 1 aromatic heterocycles. The lowest BCUT2D eigenvalue weighted by molar-refractivity contribution is -0.137. The van der Waals surface area contributed by atoms with E-state index in [2.05, 4.69) is 15.3 Å². The predicted octanol–water partition coefficient (Wildman–Crippen LogP) is 3.64. The highest BCUT2D eigenvalue weighted by Gasteiger charge is 2.30. The van der Waals surface area contributed by atoms with Gasteiger partial charge < -0.3 is 15.2 Å². The molecular weight excluding hydrogens is 366 g/mol. The molecule has 27 heavy (non-hydrogen) atoms. The van der Waals surface area contributed by atoms with Crippen LogP contribution >= 0.6 is 0 Å². The first-order valence-electron chi connectivity index (χ1n) is 7.96. The molecule has 0 bridgehead atoms. The van der Waals surface area contributed by atoms with Gasteiger partial charge in [0.2, 0.25) is 0 Å². The lowest BCUT2D eigenvalue weighted by Gasteiger charge is -2.15. The Balaban J connectivity index is 1.60. The van der Waals surface area contributed by atoms with Crippen LogP contribution in [0.1, 0.15) is 5.56 Å². The molecule has 0 fully saturated rings. The van der Waals surface area contributed by atoms with Gasteiger partial charge in [0.1, 0.15) is 41.9 Å². The summed E-state index contributed by atoms with van der Waals surface area (Å²) in [7, 11) is 0. The van der Waals surface area contributed by atoms with Crippen LogP contribution in [0.5, 0.6) is 5.75 Å². The third-order valence-corrected chi connectivity index (χ3v) is 3.72. The maximum Gasteiger partial charge on any atom is 0.416 e. The molecule has 2 N–H and O–H groups in total. The monoisotopic (exact) mass is 381 g/mol. The van der Waals surface area contributed by atoms with Crippen LogP contribution in [0.3, 0.4) is 0 Å². The number of fused-ring (bicyclic) bond motifs is 1. The highest BCUT2D eigenvalue weighted by atomic mass is 19.4. The zero-order chi connectivity index (χ0) is 19.4. The number of aromatic nitrogens is 2. The second-order valence-corrected chi connectivity index (χ2v) is 5.73. The second kappa shape index (κ2) is 7.75. The van der Waals surface area contributed by atoms with Gasteiger partial charge in [0.15, 0.2) is 0 Å². The smallest absolute Gasteiger partial charge is 0.416 e. The molecule has 142 valence electrons. The van der Waals surface area contributed by atoms with Gasteiger partial charge in [-0.15, -0.1) is 0 Å². The average Bonchev–Trinajstić information content (AvgIpc) is 2.64. The van der Waals surface area contributed by atoms with Crippen molar-refractivity contribution in [2.75, 3.05) is 18.5 Å². The minimum Gasteiger partial charge on any atom is -0.491 e. The number of nitrogens with zero attached hydrogens (tertiary/aromatic N) is 2. The topological polar surface area (TPSA) is 67.3 Å². The van der Waals surface area contributed by atoms with E-state index in [1.54, 1.807) is 6.07 Å². The van der Waals surface area contributed by atoms with Gasteiger partial charge in [-0.3, -0.25) is 0 Å². The number of ether oxygens (including phenoxy) is 1. The molecule has 2 aromatic carbocycles. The molecule has 3 aromatic rings. The average molecular weight is 381 g/mol. The number of alkyl halides is 3. The normalized spacial score (nSPS) is 12.8. The van der Waals surface area contributed by atoms with E-state index in [0.717, 1.165) is 12.1 Å². The molecule has 0 spiro atoms. The Morgan fingerprint density at radius 2 is 1.89 bits per heavy atom. The SMILES string of the molecule is OC(CNc1ncnc2c(F)cccc12)COc1cccc(C(F)(F)F)c1. The number of rotatable bonds is 6. The zero-order valence-electron chi connectivity index (χ0n) is 13.9. The number of aliphatic hydroxyl groups is 1. The number of benzene rings is 2. The van der Waals surface area contributed by atoms with Crippen molar-refractivity contribution in [3.8, 4) is 5.75 Å². The van der Waals surface area contributed by atoms with Crippen LogP contribution in [0.25, 0.3) is 10.9 Å². The van der Waals surface area contributed by atoms with Crippen molar-refractivity contribution in [2.24, 2.45) is 0 Å². The second-order valence-electron chi connectivity index (χ2n) is 5.73. The standard InChI is InChI=1S/C18H15F4N3O2/c19-15-6-2-5-14-16(15)24-10-25-17(14)23-8-12(26)9-27-13-4-1-3-11(7-13)18(20,21)22/h1-7,10,12,26H,8-9H2,(H,23,24,25). The molecule has 0 saturated carbocycles. The van der Waals surface area contributed by atoms with Crippen LogP contribution in [0.4, 0.5) is 23.4 Å². The van der Waals surface area contributed by atoms with Crippen molar-refractivity contribution in [1.82, 2.24) is 9.97 Å². The van der Waals surface area contributed by atoms with Gasteiger partial charge in [-0.25, -0.2) is 14.4 Å². The summed E-state index contributed by atoms with van der Waals surface area (Å²) in [5.41, 5.74) is -0.688. The number of aliphatic hydroxyl groups excluding tert-OH is 1. The summed E-state index contributed by atoms with van der Waals surface area (Å²) in [6.07, 6.45) is -4.31. The molecule has 0 aliphatic heterocycles. The van der Waals surface area contributed by atoms with Crippen molar-refractivity contribution in [3.63, 3.8) is 0 Å². The Kier molecular flexibility index (Phi) is 5.41. The van der Waals surface area contributed by atoms with E-state index >= 15 is 0 Å². The fourth-order valence-electron chi connectivity index (χ4n) is 2.42. The Bertz CT molecular complexity index is 934. The summed E-state index contributed by atoms with van der Waals surface area (Å²) in [6.45, 7) is -0.229. The summed E-state index contributed by atoms with van der Waals surface area (Å²) >= 11 is 0. The number of anilines is 1. The van der Waals surface area contributed by atoms with Crippen LogP contribution in [0, 0.1) is 5.82 Å². The molecule has 0 aliphatic rings. The fraction of sp³-hybridized carbons (Fsp3) is 0.222. The van der Waals surface area contributed by atoms with E-state index < -0.39 is 23.7 Å². The van der Waals surface area contributed by atoms with E-state index in [-0.39, 0.29) is 24.4 Å². The van der Waals surface area contributed by atoms with E-state index in [1.165, 1.54) is 30.6 Å². The summed E-state index contributed by atoms with van der Waals surface area (Å²) < 4.78 is 57.0. The number of hydrogen-bond acceptors (Lipinski definition) is 5. The number of para-hydroxylation sites is 1. The first kappa shape index (κ1) is 18.8. The maximum absolute atomic E-state index is 13.7. The summed E-state index contributed by atoms with van der Waals surface area (Å²) in [4.78, 5) is 7.88. The maximum atomic E-state index is 13.7. The lowest BCUT2D eigenvalue weighted by Crippen LogP contribution is -2.26. The predicted molar refractivity (Wildman–Crippen MR) is 90.9 cm³/mol. The highest BCUT2D eigenvalue weighted by molar-refractivity contribution is 5.89. The van der Waals surface area contributed by atoms with Gasteiger partial charge in [-0.05, 0) is 30.3 Å². The van der Waals surface area contributed by atoms with Crippen LogP contribution in [0.15, 0.2) is 48.8 Å². The van der Waals surface area contributed by atoms with Crippen molar-refractivity contribution in [2.45, 2.75) is 12.3 Å². The number of hydrogen-bond donors (Lipinski definition) is 2. The fourth-order valence-corrected chi connectivity index (χ4v) is 2.42. The molecule has 9 heteroatoms. The van der Waals surface area contributed by atoms with Crippen molar-refractivity contribution in [3.05, 3.63) is 60.2 Å². The number of halogens is 4. The Morgan fingerprint density at radius 1 is 1.11 bits per heavy atom. The van der Waals surface area contributed by atoms with Gasteiger partial charge in [-0.1, -0.05) is 12.1 Å². The largest absolute Gasteiger partial charge is 0.491 e. The minimum atomic E-state index is -4.47. The lowest BCUT2D eigenvalue weighted by atomic mass is 10.2. The minimum absolute atomic E-state index is 0.00145. The molecule has 0 aliphatic carbocycles. The van der Waals surface area contributed by atoms with Crippen LogP contribution in [-0.4, -0.2) is 34.3 Å². The molecule has 1 unspecified atom stereocenters. The third kappa shape index (κ3) is 4.62.